The maximum absolute atomic E-state index is 4.17. The molecule has 0 aliphatic carbocycles. The minimum Gasteiger partial charge on any atom is -0.306 e. The van der Waals surface area contributed by atoms with Crippen LogP contribution in [-0.4, -0.2) is 4.98 Å². The minimum absolute atomic E-state index is 0.294. The quantitative estimate of drug-likeness (QED) is 0.872. The predicted molar refractivity (Wildman–Crippen MR) is 84.3 cm³/mol. The molecule has 0 radical (unpaired) electrons. The van der Waals surface area contributed by atoms with E-state index in [0.29, 0.717) is 11.5 Å². The number of aromatic nitrogens is 1. The third kappa shape index (κ3) is 4.78. The van der Waals surface area contributed by atoms with Crippen LogP contribution < -0.4 is 5.32 Å². The zero-order chi connectivity index (χ0) is 14.4. The van der Waals surface area contributed by atoms with Gasteiger partial charge in [-0.1, -0.05) is 57.2 Å². The maximum Gasteiger partial charge on any atom is 0.0328 e. The second-order valence-corrected chi connectivity index (χ2v) is 6.47. The van der Waals surface area contributed by atoms with Gasteiger partial charge in [-0.15, -0.1) is 0 Å². The molecule has 0 aliphatic heterocycles. The van der Waals surface area contributed by atoms with Crippen molar-refractivity contribution in [3.63, 3.8) is 0 Å². The molecule has 1 unspecified atom stereocenters. The molecular formula is C18H24N2. The van der Waals surface area contributed by atoms with Gasteiger partial charge < -0.3 is 5.32 Å². The summed E-state index contributed by atoms with van der Waals surface area (Å²) in [5.74, 6) is 0. The molecule has 0 aliphatic rings. The molecule has 2 rings (SSSR count). The Morgan fingerprint density at radius 1 is 1.05 bits per heavy atom. The Morgan fingerprint density at radius 2 is 1.80 bits per heavy atom. The second-order valence-electron chi connectivity index (χ2n) is 6.47. The second kappa shape index (κ2) is 6.67. The molecule has 0 saturated heterocycles. The van der Waals surface area contributed by atoms with Crippen molar-refractivity contribution in [2.45, 2.75) is 39.8 Å². The van der Waals surface area contributed by atoms with Gasteiger partial charge in [-0.25, -0.2) is 0 Å². The predicted octanol–water partition coefficient (Wildman–Crippen LogP) is 4.35. The first-order valence-electron chi connectivity index (χ1n) is 7.22. The van der Waals surface area contributed by atoms with Gasteiger partial charge in [0, 0.05) is 25.0 Å². The van der Waals surface area contributed by atoms with Crippen LogP contribution >= 0.6 is 0 Å². The van der Waals surface area contributed by atoms with Crippen LogP contribution in [0.4, 0.5) is 0 Å². The van der Waals surface area contributed by atoms with E-state index in [1.165, 1.54) is 11.1 Å². The maximum atomic E-state index is 4.17. The summed E-state index contributed by atoms with van der Waals surface area (Å²) in [7, 11) is 0. The molecule has 0 saturated carbocycles. The summed E-state index contributed by atoms with van der Waals surface area (Å²) in [5, 5.41) is 3.67. The SMILES string of the molecule is CC(C)(C)CC(NCc1cccnc1)c1ccccc1. The highest BCUT2D eigenvalue weighted by atomic mass is 14.9. The number of pyridine rings is 1. The van der Waals surface area contributed by atoms with Gasteiger partial charge in [0.05, 0.1) is 0 Å². The Hall–Kier alpha value is -1.67. The van der Waals surface area contributed by atoms with Gasteiger partial charge in [0.1, 0.15) is 0 Å². The lowest BCUT2D eigenvalue weighted by atomic mass is 9.85. The lowest BCUT2D eigenvalue weighted by molar-refractivity contribution is 0.310. The normalized spacial score (nSPS) is 13.2. The van der Waals surface area contributed by atoms with E-state index in [-0.39, 0.29) is 0 Å². The number of nitrogens with zero attached hydrogens (tertiary/aromatic N) is 1. The number of hydrogen-bond donors (Lipinski definition) is 1. The van der Waals surface area contributed by atoms with Crippen molar-refractivity contribution in [1.82, 2.24) is 10.3 Å². The third-order valence-corrected chi connectivity index (χ3v) is 3.29. The third-order valence-electron chi connectivity index (χ3n) is 3.29. The number of nitrogens with one attached hydrogen (secondary N) is 1. The van der Waals surface area contributed by atoms with Gasteiger partial charge in [0.15, 0.2) is 0 Å². The molecule has 0 bridgehead atoms. The van der Waals surface area contributed by atoms with E-state index in [9.17, 15) is 0 Å². The van der Waals surface area contributed by atoms with Gasteiger partial charge in [0.2, 0.25) is 0 Å². The highest BCUT2D eigenvalue weighted by Crippen LogP contribution is 2.29. The van der Waals surface area contributed by atoms with Crippen LogP contribution in [-0.2, 0) is 6.54 Å². The topological polar surface area (TPSA) is 24.9 Å². The Kier molecular flexibility index (Phi) is 4.91. The Morgan fingerprint density at radius 3 is 2.40 bits per heavy atom. The molecule has 1 atom stereocenters. The van der Waals surface area contributed by atoms with Gasteiger partial charge in [-0.3, -0.25) is 4.98 Å². The summed E-state index contributed by atoms with van der Waals surface area (Å²) in [6.07, 6.45) is 4.84. The first-order valence-corrected chi connectivity index (χ1v) is 7.22. The lowest BCUT2D eigenvalue weighted by Gasteiger charge is -2.27. The van der Waals surface area contributed by atoms with E-state index in [4.69, 9.17) is 0 Å². The van der Waals surface area contributed by atoms with Crippen molar-refractivity contribution in [3.8, 4) is 0 Å². The highest BCUT2D eigenvalue weighted by molar-refractivity contribution is 5.19. The van der Waals surface area contributed by atoms with Crippen molar-refractivity contribution in [3.05, 3.63) is 66.0 Å². The molecular weight excluding hydrogens is 244 g/mol. The molecule has 0 amide bonds. The van der Waals surface area contributed by atoms with Gasteiger partial charge in [-0.05, 0) is 29.0 Å². The standard InChI is InChI=1S/C18H24N2/c1-18(2,3)12-17(16-9-5-4-6-10-16)20-14-15-8-7-11-19-13-15/h4-11,13,17,20H,12,14H2,1-3H3. The first kappa shape index (κ1) is 14.7. The van der Waals surface area contributed by atoms with Crippen molar-refractivity contribution in [1.29, 1.82) is 0 Å². The molecule has 2 nitrogen and oxygen atoms in total. The van der Waals surface area contributed by atoms with Crippen LogP contribution in [0, 0.1) is 5.41 Å². The van der Waals surface area contributed by atoms with E-state index in [0.717, 1.165) is 13.0 Å². The fraction of sp³-hybridized carbons (Fsp3) is 0.389. The van der Waals surface area contributed by atoms with Crippen molar-refractivity contribution < 1.29 is 0 Å². The minimum atomic E-state index is 0.294. The van der Waals surface area contributed by atoms with Gasteiger partial charge in [0.25, 0.3) is 0 Å². The van der Waals surface area contributed by atoms with Crippen LogP contribution in [0.1, 0.15) is 44.4 Å². The van der Waals surface area contributed by atoms with Crippen LogP contribution in [0.15, 0.2) is 54.9 Å². The monoisotopic (exact) mass is 268 g/mol. The summed E-state index contributed by atoms with van der Waals surface area (Å²) in [5.41, 5.74) is 2.87. The Labute approximate surface area is 122 Å². The van der Waals surface area contributed by atoms with E-state index in [1.54, 1.807) is 0 Å². The largest absolute Gasteiger partial charge is 0.306 e. The molecule has 1 aromatic heterocycles. The van der Waals surface area contributed by atoms with Crippen molar-refractivity contribution in [2.75, 3.05) is 0 Å². The lowest BCUT2D eigenvalue weighted by Crippen LogP contribution is -2.25. The van der Waals surface area contributed by atoms with Crippen LogP contribution in [0.25, 0.3) is 0 Å². The fourth-order valence-corrected chi connectivity index (χ4v) is 2.35. The number of benzene rings is 1. The zero-order valence-electron chi connectivity index (χ0n) is 12.6. The van der Waals surface area contributed by atoms with Gasteiger partial charge in [-0.2, -0.15) is 0 Å². The molecule has 1 N–H and O–H groups in total. The average Bonchev–Trinajstić information content (AvgIpc) is 2.44. The van der Waals surface area contributed by atoms with Crippen LogP contribution in [0.2, 0.25) is 0 Å². The van der Waals surface area contributed by atoms with E-state index >= 15 is 0 Å². The molecule has 2 heteroatoms. The van der Waals surface area contributed by atoms with Gasteiger partial charge >= 0.3 is 0 Å². The fourth-order valence-electron chi connectivity index (χ4n) is 2.35. The van der Waals surface area contributed by atoms with Crippen LogP contribution in [0.5, 0.6) is 0 Å². The molecule has 2 aromatic rings. The summed E-state index contributed by atoms with van der Waals surface area (Å²) in [4.78, 5) is 4.17. The Bertz CT molecular complexity index is 500. The first-order chi connectivity index (χ1) is 9.54. The molecule has 1 heterocycles. The summed E-state index contributed by atoms with van der Waals surface area (Å²) in [6, 6.07) is 15.2. The van der Waals surface area contributed by atoms with Crippen molar-refractivity contribution >= 4 is 0 Å². The van der Waals surface area contributed by atoms with Crippen LogP contribution in [0.3, 0.4) is 0 Å². The average molecular weight is 268 g/mol. The molecule has 20 heavy (non-hydrogen) atoms. The smallest absolute Gasteiger partial charge is 0.0328 e. The number of rotatable bonds is 5. The zero-order valence-corrected chi connectivity index (χ0v) is 12.6. The Balaban J connectivity index is 2.07. The van der Waals surface area contributed by atoms with E-state index < -0.39 is 0 Å². The molecule has 106 valence electrons. The van der Waals surface area contributed by atoms with E-state index in [1.807, 2.05) is 18.5 Å². The molecule has 0 fully saturated rings. The van der Waals surface area contributed by atoms with E-state index in [2.05, 4.69) is 67.5 Å². The number of hydrogen-bond acceptors (Lipinski definition) is 2. The summed E-state index contributed by atoms with van der Waals surface area (Å²) < 4.78 is 0. The molecule has 0 spiro atoms. The summed E-state index contributed by atoms with van der Waals surface area (Å²) >= 11 is 0. The summed E-state index contributed by atoms with van der Waals surface area (Å²) in [6.45, 7) is 7.71. The highest BCUT2D eigenvalue weighted by Gasteiger charge is 2.19. The molecule has 1 aromatic carbocycles. The van der Waals surface area contributed by atoms with Crippen molar-refractivity contribution in [2.24, 2.45) is 5.41 Å².